The third-order valence-electron chi connectivity index (χ3n) is 2.92. The van der Waals surface area contributed by atoms with E-state index >= 15 is 0 Å². The monoisotopic (exact) mass is 287 g/mol. The molecule has 1 heterocycles. The lowest BCUT2D eigenvalue weighted by atomic mass is 10.3. The predicted octanol–water partition coefficient (Wildman–Crippen LogP) is 1.03. The molecular formula is C12H21N3O3S. The zero-order valence-corrected chi connectivity index (χ0v) is 12.4. The quantitative estimate of drug-likeness (QED) is 0.848. The molecule has 0 spiro atoms. The lowest BCUT2D eigenvalue weighted by Gasteiger charge is -2.20. The van der Waals surface area contributed by atoms with E-state index in [0.717, 1.165) is 6.42 Å². The Kier molecular flexibility index (Phi) is 5.13. The number of rotatable bonds is 6. The summed E-state index contributed by atoms with van der Waals surface area (Å²) in [5.41, 5.74) is 0.363. The van der Waals surface area contributed by atoms with Crippen LogP contribution in [0.4, 0.5) is 0 Å². The summed E-state index contributed by atoms with van der Waals surface area (Å²) in [7, 11) is -3.78. The van der Waals surface area contributed by atoms with Crippen molar-refractivity contribution in [3.05, 3.63) is 18.0 Å². The van der Waals surface area contributed by atoms with Crippen molar-refractivity contribution in [1.29, 1.82) is 0 Å². The molecule has 0 aliphatic carbocycles. The Bertz CT molecular complexity index is 549. The minimum Gasteiger partial charge on any atom is -0.342 e. The molecule has 0 atom stereocenters. The minimum atomic E-state index is -3.78. The van der Waals surface area contributed by atoms with Gasteiger partial charge in [-0.05, 0) is 26.3 Å². The molecule has 19 heavy (non-hydrogen) atoms. The summed E-state index contributed by atoms with van der Waals surface area (Å²) in [4.78, 5) is 14.0. The molecule has 0 aliphatic heterocycles. The van der Waals surface area contributed by atoms with Crippen LogP contribution in [0.5, 0.6) is 0 Å². The van der Waals surface area contributed by atoms with Crippen LogP contribution in [0.1, 0.15) is 37.7 Å². The van der Waals surface area contributed by atoms with Gasteiger partial charge in [0.25, 0.3) is 5.91 Å². The fraction of sp³-hybridized carbons (Fsp3) is 0.583. The van der Waals surface area contributed by atoms with Crippen molar-refractivity contribution >= 4 is 15.9 Å². The van der Waals surface area contributed by atoms with Crippen molar-refractivity contribution < 1.29 is 13.2 Å². The van der Waals surface area contributed by atoms with Gasteiger partial charge in [-0.2, -0.15) is 0 Å². The number of aryl methyl sites for hydroxylation is 1. The summed E-state index contributed by atoms with van der Waals surface area (Å²) in [6, 6.07) is 1.35. The Morgan fingerprint density at radius 2 is 2.00 bits per heavy atom. The maximum Gasteiger partial charge on any atom is 0.270 e. The molecule has 0 bridgehead atoms. The highest BCUT2D eigenvalue weighted by molar-refractivity contribution is 7.89. The number of hydrogen-bond donors (Lipinski definition) is 1. The molecule has 0 aliphatic rings. The molecule has 1 rings (SSSR count). The highest BCUT2D eigenvalue weighted by atomic mass is 32.2. The lowest BCUT2D eigenvalue weighted by molar-refractivity contribution is 0.0753. The summed E-state index contributed by atoms with van der Waals surface area (Å²) in [6.07, 6.45) is 2.26. The van der Waals surface area contributed by atoms with E-state index in [9.17, 15) is 13.2 Å². The van der Waals surface area contributed by atoms with Crippen molar-refractivity contribution in [2.75, 3.05) is 13.1 Å². The zero-order chi connectivity index (χ0) is 14.6. The van der Waals surface area contributed by atoms with Gasteiger partial charge in [-0.3, -0.25) is 4.79 Å². The second-order valence-corrected chi connectivity index (χ2v) is 5.84. The molecule has 0 fully saturated rings. The van der Waals surface area contributed by atoms with E-state index in [1.54, 1.807) is 9.47 Å². The number of amides is 1. The van der Waals surface area contributed by atoms with Crippen LogP contribution in [0.15, 0.2) is 17.2 Å². The minimum absolute atomic E-state index is 0.0229. The molecule has 0 aromatic carbocycles. The summed E-state index contributed by atoms with van der Waals surface area (Å²) < 4.78 is 24.3. The molecule has 1 amide bonds. The fourth-order valence-electron chi connectivity index (χ4n) is 1.92. The Morgan fingerprint density at radius 1 is 1.37 bits per heavy atom. The standard InChI is InChI=1S/C12H21N3O3S/c1-4-7-14(5-2)12(16)11-8-10(19(13,17)18)9-15(11)6-3/h8-9H,4-7H2,1-3H3,(H2,13,17,18). The van der Waals surface area contributed by atoms with E-state index in [2.05, 4.69) is 0 Å². The second-order valence-electron chi connectivity index (χ2n) is 4.28. The summed E-state index contributed by atoms with van der Waals surface area (Å²) >= 11 is 0. The Morgan fingerprint density at radius 3 is 2.42 bits per heavy atom. The Hall–Kier alpha value is -1.34. The van der Waals surface area contributed by atoms with Gasteiger partial charge >= 0.3 is 0 Å². The average molecular weight is 287 g/mol. The molecule has 2 N–H and O–H groups in total. The number of nitrogens with zero attached hydrogens (tertiary/aromatic N) is 2. The number of primary sulfonamides is 1. The smallest absolute Gasteiger partial charge is 0.270 e. The summed E-state index contributed by atoms with van der Waals surface area (Å²) in [6.45, 7) is 7.49. The van der Waals surface area contributed by atoms with Gasteiger partial charge in [0.1, 0.15) is 10.6 Å². The van der Waals surface area contributed by atoms with Crippen LogP contribution in [0.25, 0.3) is 0 Å². The number of sulfonamides is 1. The van der Waals surface area contributed by atoms with Crippen LogP contribution in [-0.2, 0) is 16.6 Å². The molecule has 108 valence electrons. The lowest BCUT2D eigenvalue weighted by Crippen LogP contribution is -2.32. The first kappa shape index (κ1) is 15.7. The van der Waals surface area contributed by atoms with E-state index < -0.39 is 10.0 Å². The topological polar surface area (TPSA) is 85.4 Å². The van der Waals surface area contributed by atoms with E-state index in [1.165, 1.54) is 12.3 Å². The molecule has 1 aromatic heterocycles. The van der Waals surface area contributed by atoms with Gasteiger partial charge < -0.3 is 9.47 Å². The first-order valence-electron chi connectivity index (χ1n) is 6.37. The van der Waals surface area contributed by atoms with Crippen LogP contribution in [-0.4, -0.2) is 36.9 Å². The van der Waals surface area contributed by atoms with Crippen LogP contribution in [0.3, 0.4) is 0 Å². The van der Waals surface area contributed by atoms with Gasteiger partial charge in [0.05, 0.1) is 0 Å². The van der Waals surface area contributed by atoms with Gasteiger partial charge in [0.15, 0.2) is 0 Å². The number of carbonyl (C=O) groups excluding carboxylic acids is 1. The molecule has 0 unspecified atom stereocenters. The normalized spacial score (nSPS) is 11.6. The van der Waals surface area contributed by atoms with Crippen molar-refractivity contribution in [3.63, 3.8) is 0 Å². The van der Waals surface area contributed by atoms with Crippen molar-refractivity contribution in [1.82, 2.24) is 9.47 Å². The van der Waals surface area contributed by atoms with Crippen molar-refractivity contribution in [2.45, 2.75) is 38.6 Å². The van der Waals surface area contributed by atoms with Crippen LogP contribution in [0, 0.1) is 0 Å². The molecule has 6 nitrogen and oxygen atoms in total. The predicted molar refractivity (Wildman–Crippen MR) is 73.3 cm³/mol. The molecule has 0 radical (unpaired) electrons. The van der Waals surface area contributed by atoms with Crippen molar-refractivity contribution in [2.24, 2.45) is 5.14 Å². The molecular weight excluding hydrogens is 266 g/mol. The van der Waals surface area contributed by atoms with E-state index in [4.69, 9.17) is 5.14 Å². The van der Waals surface area contributed by atoms with Gasteiger partial charge in [-0.25, -0.2) is 13.6 Å². The molecule has 1 aromatic rings. The first-order chi connectivity index (χ1) is 8.85. The second kappa shape index (κ2) is 6.21. The Balaban J connectivity index is 3.18. The first-order valence-corrected chi connectivity index (χ1v) is 7.92. The van der Waals surface area contributed by atoms with Crippen molar-refractivity contribution in [3.8, 4) is 0 Å². The number of nitrogens with two attached hydrogens (primary N) is 1. The highest BCUT2D eigenvalue weighted by Crippen LogP contribution is 2.15. The van der Waals surface area contributed by atoms with Gasteiger partial charge in [0, 0.05) is 25.8 Å². The molecule has 7 heteroatoms. The Labute approximate surface area is 114 Å². The summed E-state index contributed by atoms with van der Waals surface area (Å²) in [5, 5.41) is 5.10. The van der Waals surface area contributed by atoms with E-state index in [1.807, 2.05) is 20.8 Å². The van der Waals surface area contributed by atoms with E-state index in [-0.39, 0.29) is 10.8 Å². The highest BCUT2D eigenvalue weighted by Gasteiger charge is 2.21. The van der Waals surface area contributed by atoms with Crippen LogP contribution < -0.4 is 5.14 Å². The van der Waals surface area contributed by atoms with Gasteiger partial charge in [-0.1, -0.05) is 6.92 Å². The van der Waals surface area contributed by atoms with E-state index in [0.29, 0.717) is 25.3 Å². The SMILES string of the molecule is CCCN(CC)C(=O)c1cc(S(N)(=O)=O)cn1CC. The van der Waals surface area contributed by atoms with Crippen LogP contribution >= 0.6 is 0 Å². The van der Waals surface area contributed by atoms with Gasteiger partial charge in [0.2, 0.25) is 10.0 Å². The molecule has 0 saturated carbocycles. The third-order valence-corrected chi connectivity index (χ3v) is 3.80. The number of carbonyl (C=O) groups is 1. The number of aromatic nitrogens is 1. The van der Waals surface area contributed by atoms with Gasteiger partial charge in [-0.15, -0.1) is 0 Å². The maximum atomic E-state index is 12.4. The summed E-state index contributed by atoms with van der Waals surface area (Å²) in [5.74, 6) is -0.166. The number of hydrogen-bond acceptors (Lipinski definition) is 3. The zero-order valence-electron chi connectivity index (χ0n) is 11.6. The molecule has 0 saturated heterocycles. The fourth-order valence-corrected chi connectivity index (χ4v) is 2.47. The largest absolute Gasteiger partial charge is 0.342 e. The third kappa shape index (κ3) is 3.57. The maximum absolute atomic E-state index is 12.4. The van der Waals surface area contributed by atoms with Crippen LogP contribution in [0.2, 0.25) is 0 Å². The average Bonchev–Trinajstić information content (AvgIpc) is 2.79.